The average Bonchev–Trinajstić information content (AvgIpc) is 2.28. The topological polar surface area (TPSA) is 38.3 Å². The standard InChI is InChI=1S/C13H18BrNO2/c1-10(2)15-8-7-13(16)17-9-11-3-5-12(14)6-4-11/h3-6,10,15H,7-9H2,1-2H3. The van der Waals surface area contributed by atoms with Gasteiger partial charge in [0.15, 0.2) is 0 Å². The van der Waals surface area contributed by atoms with Gasteiger partial charge in [0.05, 0.1) is 6.42 Å². The number of benzene rings is 1. The first-order valence-corrected chi connectivity index (χ1v) is 6.50. The second kappa shape index (κ2) is 7.45. The molecule has 0 atom stereocenters. The van der Waals surface area contributed by atoms with E-state index in [0.29, 0.717) is 25.6 Å². The van der Waals surface area contributed by atoms with Gasteiger partial charge in [0, 0.05) is 17.1 Å². The van der Waals surface area contributed by atoms with E-state index < -0.39 is 0 Å². The van der Waals surface area contributed by atoms with Crippen molar-refractivity contribution in [3.05, 3.63) is 34.3 Å². The van der Waals surface area contributed by atoms with E-state index in [1.54, 1.807) is 0 Å². The van der Waals surface area contributed by atoms with Crippen molar-refractivity contribution in [3.63, 3.8) is 0 Å². The number of hydrogen-bond acceptors (Lipinski definition) is 3. The highest BCUT2D eigenvalue weighted by atomic mass is 79.9. The van der Waals surface area contributed by atoms with E-state index in [2.05, 4.69) is 21.2 Å². The van der Waals surface area contributed by atoms with Crippen molar-refractivity contribution in [1.82, 2.24) is 5.32 Å². The highest BCUT2D eigenvalue weighted by Gasteiger charge is 2.03. The number of ether oxygens (including phenoxy) is 1. The summed E-state index contributed by atoms with van der Waals surface area (Å²) in [6.45, 7) is 5.10. The Labute approximate surface area is 111 Å². The maximum absolute atomic E-state index is 11.4. The van der Waals surface area contributed by atoms with Crippen molar-refractivity contribution < 1.29 is 9.53 Å². The smallest absolute Gasteiger partial charge is 0.307 e. The van der Waals surface area contributed by atoms with Gasteiger partial charge in [0.1, 0.15) is 6.61 Å². The molecule has 94 valence electrons. The summed E-state index contributed by atoms with van der Waals surface area (Å²) in [5, 5.41) is 3.17. The van der Waals surface area contributed by atoms with Crippen LogP contribution in [-0.2, 0) is 16.1 Å². The monoisotopic (exact) mass is 299 g/mol. The van der Waals surface area contributed by atoms with Gasteiger partial charge in [-0.15, -0.1) is 0 Å². The predicted octanol–water partition coefficient (Wildman–Crippen LogP) is 2.88. The molecule has 3 nitrogen and oxygen atoms in total. The fourth-order valence-electron chi connectivity index (χ4n) is 1.28. The van der Waals surface area contributed by atoms with Crippen LogP contribution in [-0.4, -0.2) is 18.6 Å². The van der Waals surface area contributed by atoms with Crippen molar-refractivity contribution >= 4 is 21.9 Å². The molecule has 1 N–H and O–H groups in total. The minimum Gasteiger partial charge on any atom is -0.461 e. The lowest BCUT2D eigenvalue weighted by atomic mass is 10.2. The number of nitrogens with one attached hydrogen (secondary N) is 1. The van der Waals surface area contributed by atoms with E-state index >= 15 is 0 Å². The summed E-state index contributed by atoms with van der Waals surface area (Å²) in [5.74, 6) is -0.166. The fraction of sp³-hybridized carbons (Fsp3) is 0.462. The molecule has 0 amide bonds. The summed E-state index contributed by atoms with van der Waals surface area (Å²) in [7, 11) is 0. The molecule has 0 radical (unpaired) electrons. The molecule has 1 rings (SSSR count). The minimum atomic E-state index is -0.166. The van der Waals surface area contributed by atoms with Gasteiger partial charge in [-0.3, -0.25) is 4.79 Å². The summed E-state index contributed by atoms with van der Waals surface area (Å²) in [4.78, 5) is 11.4. The zero-order valence-electron chi connectivity index (χ0n) is 10.2. The number of carbonyl (C=O) groups is 1. The van der Waals surface area contributed by atoms with Crippen LogP contribution in [0, 0.1) is 0 Å². The SMILES string of the molecule is CC(C)NCCC(=O)OCc1ccc(Br)cc1. The highest BCUT2D eigenvalue weighted by Crippen LogP contribution is 2.11. The molecule has 0 aliphatic carbocycles. The molecule has 0 fully saturated rings. The molecule has 0 aliphatic heterocycles. The molecule has 1 aromatic carbocycles. The number of carbonyl (C=O) groups excluding carboxylic acids is 1. The maximum Gasteiger partial charge on any atom is 0.307 e. The van der Waals surface area contributed by atoms with Crippen LogP contribution < -0.4 is 5.32 Å². The Morgan fingerprint density at radius 2 is 2.00 bits per heavy atom. The predicted molar refractivity (Wildman–Crippen MR) is 71.7 cm³/mol. The zero-order chi connectivity index (χ0) is 12.7. The summed E-state index contributed by atoms with van der Waals surface area (Å²) in [6, 6.07) is 8.13. The van der Waals surface area contributed by atoms with Crippen LogP contribution in [0.4, 0.5) is 0 Å². The van der Waals surface area contributed by atoms with Crippen LogP contribution in [0.3, 0.4) is 0 Å². The Hall–Kier alpha value is -0.870. The third-order valence-electron chi connectivity index (χ3n) is 2.19. The number of rotatable bonds is 6. The van der Waals surface area contributed by atoms with Gasteiger partial charge < -0.3 is 10.1 Å². The number of hydrogen-bond donors (Lipinski definition) is 1. The number of halogens is 1. The largest absolute Gasteiger partial charge is 0.461 e. The maximum atomic E-state index is 11.4. The fourth-order valence-corrected chi connectivity index (χ4v) is 1.54. The van der Waals surface area contributed by atoms with Crippen LogP contribution in [0.5, 0.6) is 0 Å². The van der Waals surface area contributed by atoms with Gasteiger partial charge in [0.25, 0.3) is 0 Å². The van der Waals surface area contributed by atoms with Gasteiger partial charge in [-0.1, -0.05) is 41.9 Å². The molecular weight excluding hydrogens is 282 g/mol. The first-order chi connectivity index (χ1) is 8.08. The lowest BCUT2D eigenvalue weighted by Crippen LogP contribution is -2.25. The van der Waals surface area contributed by atoms with Gasteiger partial charge in [-0.25, -0.2) is 0 Å². The Balaban J connectivity index is 2.21. The summed E-state index contributed by atoms with van der Waals surface area (Å²) in [6.07, 6.45) is 0.411. The molecular formula is C13H18BrNO2. The van der Waals surface area contributed by atoms with Crippen molar-refractivity contribution in [2.24, 2.45) is 0 Å². The lowest BCUT2D eigenvalue weighted by molar-refractivity contribution is -0.144. The van der Waals surface area contributed by atoms with Gasteiger partial charge in [-0.2, -0.15) is 0 Å². The molecule has 0 saturated heterocycles. The molecule has 4 heteroatoms. The molecule has 0 spiro atoms. The highest BCUT2D eigenvalue weighted by molar-refractivity contribution is 9.10. The van der Waals surface area contributed by atoms with Crippen molar-refractivity contribution in [1.29, 1.82) is 0 Å². The third-order valence-corrected chi connectivity index (χ3v) is 2.72. The first kappa shape index (κ1) is 14.2. The van der Waals surface area contributed by atoms with E-state index in [1.165, 1.54) is 0 Å². The normalized spacial score (nSPS) is 10.6. The summed E-state index contributed by atoms with van der Waals surface area (Å²) < 4.78 is 6.18. The molecule has 0 aromatic heterocycles. The summed E-state index contributed by atoms with van der Waals surface area (Å²) >= 11 is 3.36. The molecule has 0 aliphatic rings. The Morgan fingerprint density at radius 1 is 1.35 bits per heavy atom. The Bertz CT molecular complexity index is 349. The minimum absolute atomic E-state index is 0.166. The van der Waals surface area contributed by atoms with Crippen LogP contribution in [0.25, 0.3) is 0 Å². The molecule has 0 heterocycles. The van der Waals surface area contributed by atoms with E-state index in [0.717, 1.165) is 10.0 Å². The van der Waals surface area contributed by atoms with Gasteiger partial charge in [0.2, 0.25) is 0 Å². The van der Waals surface area contributed by atoms with Crippen molar-refractivity contribution in [3.8, 4) is 0 Å². The number of esters is 1. The van der Waals surface area contributed by atoms with E-state index in [-0.39, 0.29) is 5.97 Å². The molecule has 0 saturated carbocycles. The van der Waals surface area contributed by atoms with E-state index in [4.69, 9.17) is 4.74 Å². The molecule has 0 unspecified atom stereocenters. The quantitative estimate of drug-likeness (QED) is 0.821. The third kappa shape index (κ3) is 6.44. The van der Waals surface area contributed by atoms with Gasteiger partial charge >= 0.3 is 5.97 Å². The Morgan fingerprint density at radius 3 is 2.59 bits per heavy atom. The molecule has 17 heavy (non-hydrogen) atoms. The lowest BCUT2D eigenvalue weighted by Gasteiger charge is -2.08. The van der Waals surface area contributed by atoms with Crippen molar-refractivity contribution in [2.75, 3.05) is 6.54 Å². The van der Waals surface area contributed by atoms with Crippen LogP contribution in [0.2, 0.25) is 0 Å². The van der Waals surface area contributed by atoms with Crippen LogP contribution in [0.1, 0.15) is 25.8 Å². The molecule has 0 bridgehead atoms. The second-order valence-corrected chi connectivity index (χ2v) is 5.06. The van der Waals surface area contributed by atoms with Gasteiger partial charge in [-0.05, 0) is 17.7 Å². The summed E-state index contributed by atoms with van der Waals surface area (Å²) in [5.41, 5.74) is 0.998. The second-order valence-electron chi connectivity index (χ2n) is 4.15. The zero-order valence-corrected chi connectivity index (χ0v) is 11.8. The average molecular weight is 300 g/mol. The van der Waals surface area contributed by atoms with Crippen LogP contribution in [0.15, 0.2) is 28.7 Å². The van der Waals surface area contributed by atoms with E-state index in [1.807, 2.05) is 38.1 Å². The molecule has 1 aromatic rings. The van der Waals surface area contributed by atoms with E-state index in [9.17, 15) is 4.79 Å². The Kier molecular flexibility index (Phi) is 6.22. The van der Waals surface area contributed by atoms with Crippen LogP contribution >= 0.6 is 15.9 Å². The first-order valence-electron chi connectivity index (χ1n) is 5.71. The van der Waals surface area contributed by atoms with Crippen molar-refractivity contribution in [2.45, 2.75) is 32.9 Å².